The molecule has 0 bridgehead atoms. The van der Waals surface area contributed by atoms with Crippen LogP contribution >= 0.6 is 11.8 Å². The standard InChI is InChI=1S/C21H21N3O3S/c1-14-3-9-18(10-4-14)27-15(2)21(26)24-13-28-12-19(24)20(25)23-17-7-5-16(11-22)6-8-17/h3-10,15,19H,12-13H2,1-2H3,(H,23,25). The molecule has 1 heterocycles. The number of rotatable bonds is 5. The van der Waals surface area contributed by atoms with Gasteiger partial charge in [0.2, 0.25) is 5.91 Å². The molecule has 2 unspecified atom stereocenters. The van der Waals surface area contributed by atoms with Gasteiger partial charge in [-0.1, -0.05) is 17.7 Å². The van der Waals surface area contributed by atoms with Crippen LogP contribution in [0.3, 0.4) is 0 Å². The fourth-order valence-corrected chi connectivity index (χ4v) is 4.00. The molecule has 7 heteroatoms. The Morgan fingerprint density at radius 1 is 1.21 bits per heavy atom. The third kappa shape index (κ3) is 4.65. The Labute approximate surface area is 168 Å². The lowest BCUT2D eigenvalue weighted by Gasteiger charge is -2.26. The predicted octanol–water partition coefficient (Wildman–Crippen LogP) is 3.17. The number of hydrogen-bond donors (Lipinski definition) is 1. The zero-order valence-corrected chi connectivity index (χ0v) is 16.5. The van der Waals surface area contributed by atoms with Crippen LogP contribution in [0.5, 0.6) is 5.75 Å². The van der Waals surface area contributed by atoms with E-state index in [1.165, 1.54) is 11.8 Å². The number of carbonyl (C=O) groups excluding carboxylic acids is 2. The van der Waals surface area contributed by atoms with Crippen molar-refractivity contribution in [2.24, 2.45) is 0 Å². The molecular weight excluding hydrogens is 374 g/mol. The second-order valence-corrected chi connectivity index (χ2v) is 7.58. The Balaban J connectivity index is 1.63. The van der Waals surface area contributed by atoms with E-state index in [0.717, 1.165) is 5.56 Å². The number of carbonyl (C=O) groups is 2. The number of amides is 2. The minimum absolute atomic E-state index is 0.217. The van der Waals surface area contributed by atoms with Gasteiger partial charge in [-0.15, -0.1) is 11.8 Å². The third-order valence-electron chi connectivity index (χ3n) is 4.43. The molecule has 28 heavy (non-hydrogen) atoms. The minimum Gasteiger partial charge on any atom is -0.481 e. The van der Waals surface area contributed by atoms with Gasteiger partial charge in [0.15, 0.2) is 6.10 Å². The van der Waals surface area contributed by atoms with Gasteiger partial charge in [0.05, 0.1) is 17.5 Å². The first-order chi connectivity index (χ1) is 13.5. The van der Waals surface area contributed by atoms with E-state index in [1.54, 1.807) is 36.1 Å². The third-order valence-corrected chi connectivity index (χ3v) is 5.44. The van der Waals surface area contributed by atoms with Gasteiger partial charge in [-0.05, 0) is 50.2 Å². The van der Waals surface area contributed by atoms with Crippen molar-refractivity contribution in [2.75, 3.05) is 16.9 Å². The summed E-state index contributed by atoms with van der Waals surface area (Å²) in [5.74, 6) is 1.14. The fraction of sp³-hybridized carbons (Fsp3) is 0.286. The van der Waals surface area contributed by atoms with Crippen LogP contribution in [0.1, 0.15) is 18.1 Å². The highest BCUT2D eigenvalue weighted by atomic mass is 32.2. The average molecular weight is 395 g/mol. The second kappa shape index (κ2) is 8.81. The molecule has 0 aliphatic carbocycles. The first kappa shape index (κ1) is 19.8. The number of aryl methyl sites for hydroxylation is 1. The Bertz CT molecular complexity index is 891. The summed E-state index contributed by atoms with van der Waals surface area (Å²) >= 11 is 1.53. The molecule has 1 fully saturated rings. The predicted molar refractivity (Wildman–Crippen MR) is 109 cm³/mol. The van der Waals surface area contributed by atoms with Crippen LogP contribution in [0.4, 0.5) is 5.69 Å². The molecule has 0 aromatic heterocycles. The van der Waals surface area contributed by atoms with E-state index in [9.17, 15) is 9.59 Å². The van der Waals surface area contributed by atoms with Crippen LogP contribution in [0.15, 0.2) is 48.5 Å². The molecule has 2 aromatic carbocycles. The summed E-state index contributed by atoms with van der Waals surface area (Å²) in [5.41, 5.74) is 2.23. The van der Waals surface area contributed by atoms with Gasteiger partial charge in [-0.3, -0.25) is 9.59 Å². The molecule has 1 aliphatic rings. The van der Waals surface area contributed by atoms with Crippen LogP contribution in [0.2, 0.25) is 0 Å². The number of ether oxygens (including phenoxy) is 1. The molecule has 2 amide bonds. The van der Waals surface area contributed by atoms with Gasteiger partial charge in [-0.25, -0.2) is 0 Å². The molecule has 0 radical (unpaired) electrons. The lowest BCUT2D eigenvalue weighted by Crippen LogP contribution is -2.48. The fourth-order valence-electron chi connectivity index (χ4n) is 2.84. The highest BCUT2D eigenvalue weighted by molar-refractivity contribution is 7.99. The van der Waals surface area contributed by atoms with E-state index in [1.807, 2.05) is 37.3 Å². The zero-order valence-electron chi connectivity index (χ0n) is 15.7. The highest BCUT2D eigenvalue weighted by Crippen LogP contribution is 2.24. The van der Waals surface area contributed by atoms with Crippen LogP contribution in [0, 0.1) is 18.3 Å². The van der Waals surface area contributed by atoms with E-state index in [0.29, 0.717) is 28.6 Å². The molecule has 2 atom stereocenters. The van der Waals surface area contributed by atoms with E-state index >= 15 is 0 Å². The summed E-state index contributed by atoms with van der Waals surface area (Å²) < 4.78 is 5.75. The van der Waals surface area contributed by atoms with Crippen LogP contribution in [0.25, 0.3) is 0 Å². The van der Waals surface area contributed by atoms with Gasteiger partial charge in [0.1, 0.15) is 11.8 Å². The van der Waals surface area contributed by atoms with E-state index in [2.05, 4.69) is 5.32 Å². The Morgan fingerprint density at radius 2 is 1.89 bits per heavy atom. The van der Waals surface area contributed by atoms with E-state index < -0.39 is 12.1 Å². The van der Waals surface area contributed by atoms with Crippen molar-refractivity contribution in [1.29, 1.82) is 5.26 Å². The summed E-state index contributed by atoms with van der Waals surface area (Å²) in [7, 11) is 0. The number of thioether (sulfide) groups is 1. The average Bonchev–Trinajstić information content (AvgIpc) is 3.19. The summed E-state index contributed by atoms with van der Waals surface area (Å²) in [6.45, 7) is 3.68. The van der Waals surface area contributed by atoms with Gasteiger partial charge >= 0.3 is 0 Å². The lowest BCUT2D eigenvalue weighted by molar-refractivity contribution is -0.141. The number of nitrogens with one attached hydrogen (secondary N) is 1. The van der Waals surface area contributed by atoms with Crippen LogP contribution in [-0.4, -0.2) is 40.5 Å². The monoisotopic (exact) mass is 395 g/mol. The lowest BCUT2D eigenvalue weighted by atomic mass is 10.2. The highest BCUT2D eigenvalue weighted by Gasteiger charge is 2.37. The summed E-state index contributed by atoms with van der Waals surface area (Å²) in [6.07, 6.45) is -0.688. The first-order valence-corrected chi connectivity index (χ1v) is 10.1. The molecule has 3 rings (SSSR count). The maximum absolute atomic E-state index is 12.8. The maximum Gasteiger partial charge on any atom is 0.264 e. The molecule has 1 saturated heterocycles. The van der Waals surface area contributed by atoms with Gasteiger partial charge < -0.3 is 15.0 Å². The minimum atomic E-state index is -0.688. The maximum atomic E-state index is 12.8. The molecule has 1 N–H and O–H groups in total. The van der Waals surface area contributed by atoms with Crippen molar-refractivity contribution in [3.8, 4) is 11.8 Å². The smallest absolute Gasteiger partial charge is 0.264 e. The van der Waals surface area contributed by atoms with Crippen molar-refractivity contribution in [3.63, 3.8) is 0 Å². The topological polar surface area (TPSA) is 82.4 Å². The molecular formula is C21H21N3O3S. The van der Waals surface area contributed by atoms with Crippen molar-refractivity contribution >= 4 is 29.3 Å². The van der Waals surface area contributed by atoms with E-state index in [-0.39, 0.29) is 11.8 Å². The van der Waals surface area contributed by atoms with Crippen molar-refractivity contribution < 1.29 is 14.3 Å². The summed E-state index contributed by atoms with van der Waals surface area (Å²) in [5, 5.41) is 11.7. The number of hydrogen-bond acceptors (Lipinski definition) is 5. The Hall–Kier alpha value is -2.98. The summed E-state index contributed by atoms with van der Waals surface area (Å²) in [4.78, 5) is 27.1. The Morgan fingerprint density at radius 3 is 2.54 bits per heavy atom. The number of anilines is 1. The largest absolute Gasteiger partial charge is 0.481 e. The molecule has 6 nitrogen and oxygen atoms in total. The zero-order chi connectivity index (χ0) is 20.1. The van der Waals surface area contributed by atoms with Crippen molar-refractivity contribution in [1.82, 2.24) is 4.90 Å². The van der Waals surface area contributed by atoms with Crippen LogP contribution < -0.4 is 10.1 Å². The Kier molecular flexibility index (Phi) is 6.22. The SMILES string of the molecule is Cc1ccc(OC(C)C(=O)N2CSCC2C(=O)Nc2ccc(C#N)cc2)cc1. The normalized spacial score (nSPS) is 16.9. The number of nitriles is 1. The molecule has 2 aromatic rings. The number of nitrogens with zero attached hydrogens (tertiary/aromatic N) is 2. The van der Waals surface area contributed by atoms with Gasteiger partial charge in [0.25, 0.3) is 5.91 Å². The van der Waals surface area contributed by atoms with Crippen molar-refractivity contribution in [2.45, 2.75) is 26.0 Å². The van der Waals surface area contributed by atoms with E-state index in [4.69, 9.17) is 10.00 Å². The molecule has 144 valence electrons. The molecule has 0 spiro atoms. The molecule has 0 saturated carbocycles. The van der Waals surface area contributed by atoms with Crippen molar-refractivity contribution in [3.05, 3.63) is 59.7 Å². The van der Waals surface area contributed by atoms with Gasteiger partial charge in [-0.2, -0.15) is 5.26 Å². The van der Waals surface area contributed by atoms with Crippen LogP contribution in [-0.2, 0) is 9.59 Å². The quantitative estimate of drug-likeness (QED) is 0.841. The first-order valence-electron chi connectivity index (χ1n) is 8.90. The summed E-state index contributed by atoms with van der Waals surface area (Å²) in [6, 6.07) is 15.6. The number of benzene rings is 2. The van der Waals surface area contributed by atoms with Gasteiger partial charge in [0, 0.05) is 11.4 Å². The molecule has 1 aliphatic heterocycles. The second-order valence-electron chi connectivity index (χ2n) is 6.58.